The van der Waals surface area contributed by atoms with E-state index in [1.807, 2.05) is 0 Å². The normalized spacial score (nSPS) is 14.0. The van der Waals surface area contributed by atoms with Crippen LogP contribution in [0.2, 0.25) is 0 Å². The standard InChI is InChI=1S/C13H16P.2ClH.Ti/c1-8-5-12(6-9(8)2)13-11(4)10(3)7-14-13;;;/h5,14H,6H2,1-4H3;2*1H;/q-1;;;+3/p-2. The van der Waals surface area contributed by atoms with E-state index in [1.54, 1.807) is 5.30 Å². The second kappa shape index (κ2) is 7.87. The molecule has 0 aliphatic heterocycles. The van der Waals surface area contributed by atoms with Gasteiger partial charge in [0.1, 0.15) is 0 Å². The van der Waals surface area contributed by atoms with Crippen LogP contribution in [0, 0.1) is 19.6 Å². The first-order chi connectivity index (χ1) is 6.59. The molecular weight excluding hydrogens is 306 g/mol. The summed E-state index contributed by atoms with van der Waals surface area (Å²) < 4.78 is 0. The van der Waals surface area contributed by atoms with Gasteiger partial charge in [0, 0.05) is 0 Å². The van der Waals surface area contributed by atoms with Crippen molar-refractivity contribution in [3.05, 3.63) is 39.4 Å². The molecule has 1 aliphatic rings. The Hall–Kier alpha value is 0.554. The molecule has 4 heteroatoms. The number of rotatable bonds is 1. The minimum Gasteiger partial charge on any atom is -1.00 e. The zero-order valence-electron chi connectivity index (χ0n) is 10.5. The van der Waals surface area contributed by atoms with Crippen LogP contribution >= 0.6 is 8.19 Å². The molecule has 17 heavy (non-hydrogen) atoms. The molecular formula is C13H16Cl2PTi. The zero-order chi connectivity index (χ0) is 10.3. The molecule has 0 N–H and O–H groups in total. The van der Waals surface area contributed by atoms with Crippen molar-refractivity contribution in [1.29, 1.82) is 0 Å². The van der Waals surface area contributed by atoms with Crippen LogP contribution in [0.1, 0.15) is 36.7 Å². The molecule has 0 nitrogen and oxygen atoms in total. The Bertz CT molecular complexity index is 444. The molecule has 1 atom stereocenters. The van der Waals surface area contributed by atoms with Crippen LogP contribution in [-0.4, -0.2) is 0 Å². The maximum absolute atomic E-state index is 3.44. The number of aryl methyl sites for hydroxylation is 1. The fourth-order valence-electron chi connectivity index (χ4n) is 1.87. The van der Waals surface area contributed by atoms with Crippen molar-refractivity contribution in [3.8, 4) is 0 Å². The Morgan fingerprint density at radius 3 is 2.06 bits per heavy atom. The molecule has 0 saturated heterocycles. The summed E-state index contributed by atoms with van der Waals surface area (Å²) in [6.45, 7) is 8.83. The van der Waals surface area contributed by atoms with Crippen molar-refractivity contribution in [1.82, 2.24) is 0 Å². The smallest absolute Gasteiger partial charge is 1.00 e. The average molecular weight is 322 g/mol. The minimum atomic E-state index is 0. The topological polar surface area (TPSA) is 0 Å². The SMILES string of the molecule is CC1=C(C)CC(c2[pH][c-]c(C)c2C)=C1.[Cl-].[Cl-].[Ti+3]. The van der Waals surface area contributed by atoms with Crippen LogP contribution in [0.5, 0.6) is 0 Å². The maximum atomic E-state index is 3.44. The summed E-state index contributed by atoms with van der Waals surface area (Å²) in [6, 6.07) is 0. The second-order valence-electron chi connectivity index (χ2n) is 4.18. The van der Waals surface area contributed by atoms with Gasteiger partial charge in [-0.05, 0) is 20.3 Å². The van der Waals surface area contributed by atoms with Crippen LogP contribution in [0.25, 0.3) is 5.57 Å². The maximum Gasteiger partial charge on any atom is 3.00 e. The summed E-state index contributed by atoms with van der Waals surface area (Å²) >= 11 is 0. The van der Waals surface area contributed by atoms with Gasteiger partial charge in [0.15, 0.2) is 0 Å². The van der Waals surface area contributed by atoms with Gasteiger partial charge in [0.2, 0.25) is 0 Å². The van der Waals surface area contributed by atoms with Crippen molar-refractivity contribution in [2.45, 2.75) is 34.1 Å². The average Bonchev–Trinajstić information content (AvgIpc) is 2.61. The third kappa shape index (κ3) is 4.01. The molecule has 1 aromatic rings. The third-order valence-corrected chi connectivity index (χ3v) is 4.60. The summed E-state index contributed by atoms with van der Waals surface area (Å²) in [7, 11) is 0.771. The van der Waals surface area contributed by atoms with E-state index < -0.39 is 0 Å². The van der Waals surface area contributed by atoms with Gasteiger partial charge in [-0.1, -0.05) is 36.6 Å². The molecule has 0 fully saturated rings. The monoisotopic (exact) mass is 321 g/mol. The molecule has 0 spiro atoms. The Balaban J connectivity index is 0. The first-order valence-corrected chi connectivity index (χ1v) is 6.03. The van der Waals surface area contributed by atoms with Gasteiger partial charge in [0.05, 0.1) is 0 Å². The van der Waals surface area contributed by atoms with Crippen molar-refractivity contribution in [2.75, 3.05) is 0 Å². The molecule has 1 unspecified atom stereocenters. The fraction of sp³-hybridized carbons (Fsp3) is 0.385. The molecule has 0 amide bonds. The van der Waals surface area contributed by atoms with E-state index in [4.69, 9.17) is 0 Å². The summed E-state index contributed by atoms with van der Waals surface area (Å²) in [4.78, 5) is 0. The van der Waals surface area contributed by atoms with Gasteiger partial charge >= 0.3 is 21.7 Å². The number of hydrogen-bond acceptors (Lipinski definition) is 0. The fourth-order valence-corrected chi connectivity index (χ4v) is 3.07. The number of halogens is 2. The molecule has 91 valence electrons. The quantitative estimate of drug-likeness (QED) is 0.426. The van der Waals surface area contributed by atoms with E-state index in [2.05, 4.69) is 39.6 Å². The van der Waals surface area contributed by atoms with Crippen molar-refractivity contribution in [3.63, 3.8) is 0 Å². The number of allylic oxidation sites excluding steroid dienone is 4. The van der Waals surface area contributed by atoms with Gasteiger partial charge in [0.25, 0.3) is 0 Å². The second-order valence-corrected chi connectivity index (χ2v) is 5.18. The van der Waals surface area contributed by atoms with E-state index >= 15 is 0 Å². The van der Waals surface area contributed by atoms with Crippen molar-refractivity contribution >= 4 is 13.8 Å². The largest absolute Gasteiger partial charge is 3.00 e. The van der Waals surface area contributed by atoms with E-state index in [0.29, 0.717) is 0 Å². The summed E-state index contributed by atoms with van der Waals surface area (Å²) in [5.74, 6) is 3.44. The Morgan fingerprint density at radius 2 is 1.71 bits per heavy atom. The first kappa shape index (κ1) is 19.9. The Kier molecular flexibility index (Phi) is 9.21. The number of hydrogen-bond donors (Lipinski definition) is 0. The molecule has 2 rings (SSSR count). The first-order valence-electron chi connectivity index (χ1n) is 5.03. The summed E-state index contributed by atoms with van der Waals surface area (Å²) in [6.07, 6.45) is 3.50. The molecule has 0 saturated carbocycles. The van der Waals surface area contributed by atoms with E-state index in [-0.39, 0.29) is 46.5 Å². The molecule has 1 heterocycles. The molecule has 1 aromatic heterocycles. The van der Waals surface area contributed by atoms with Crippen LogP contribution in [0.4, 0.5) is 0 Å². The molecule has 1 aliphatic carbocycles. The van der Waals surface area contributed by atoms with Gasteiger partial charge in [-0.2, -0.15) is 22.2 Å². The summed E-state index contributed by atoms with van der Waals surface area (Å²) in [5.41, 5.74) is 7.31. The Morgan fingerprint density at radius 1 is 1.12 bits per heavy atom. The molecule has 0 bridgehead atoms. The minimum absolute atomic E-state index is 0. The summed E-state index contributed by atoms with van der Waals surface area (Å²) in [5, 5.41) is 1.54. The van der Waals surface area contributed by atoms with Crippen LogP contribution in [0.3, 0.4) is 0 Å². The van der Waals surface area contributed by atoms with Gasteiger partial charge in [-0.3, -0.25) is 8.19 Å². The molecule has 1 radical (unpaired) electrons. The van der Waals surface area contributed by atoms with Crippen molar-refractivity contribution < 1.29 is 46.5 Å². The van der Waals surface area contributed by atoms with Crippen LogP contribution in [-0.2, 0) is 21.7 Å². The third-order valence-electron chi connectivity index (χ3n) is 3.15. The van der Waals surface area contributed by atoms with E-state index in [9.17, 15) is 0 Å². The van der Waals surface area contributed by atoms with Gasteiger partial charge in [-0.25, -0.2) is 0 Å². The molecule has 0 aromatic carbocycles. The van der Waals surface area contributed by atoms with E-state index in [1.165, 1.54) is 27.8 Å². The Labute approximate surface area is 133 Å². The van der Waals surface area contributed by atoms with Gasteiger partial charge in [-0.15, -0.1) is 0 Å². The van der Waals surface area contributed by atoms with E-state index in [0.717, 1.165) is 14.6 Å². The van der Waals surface area contributed by atoms with Gasteiger partial charge < -0.3 is 24.8 Å². The van der Waals surface area contributed by atoms with Crippen LogP contribution in [0.15, 0.2) is 17.2 Å². The van der Waals surface area contributed by atoms with Crippen LogP contribution < -0.4 is 24.8 Å². The zero-order valence-corrected chi connectivity index (χ0v) is 14.6. The van der Waals surface area contributed by atoms with Crippen molar-refractivity contribution in [2.24, 2.45) is 0 Å². The predicted molar refractivity (Wildman–Crippen MR) is 65.2 cm³/mol. The predicted octanol–water partition coefficient (Wildman–Crippen LogP) is -1.74.